The van der Waals surface area contributed by atoms with E-state index >= 15 is 0 Å². The van der Waals surface area contributed by atoms with Gasteiger partial charge in [-0.25, -0.2) is 0 Å². The van der Waals surface area contributed by atoms with Crippen LogP contribution in [0.25, 0.3) is 10.8 Å². The van der Waals surface area contributed by atoms with Crippen LogP contribution in [0, 0.1) is 17.0 Å². The number of nitrogens with zero attached hydrogens (tertiary/aromatic N) is 1. The SMILES string of the molecule is [CH2]c1ccc2ccccc2c1[N+](=O)[O-]. The van der Waals surface area contributed by atoms with Crippen molar-refractivity contribution in [3.05, 3.63) is 59.0 Å². The van der Waals surface area contributed by atoms with Crippen LogP contribution in [0.3, 0.4) is 0 Å². The van der Waals surface area contributed by atoms with E-state index in [1.54, 1.807) is 18.2 Å². The third kappa shape index (κ3) is 1.23. The lowest BCUT2D eigenvalue weighted by atomic mass is 10.1. The second-order valence-electron chi connectivity index (χ2n) is 3.05. The van der Waals surface area contributed by atoms with Crippen molar-refractivity contribution >= 4 is 16.5 Å². The van der Waals surface area contributed by atoms with Gasteiger partial charge in [0.25, 0.3) is 5.69 Å². The quantitative estimate of drug-likeness (QED) is 0.507. The van der Waals surface area contributed by atoms with Gasteiger partial charge in [-0.15, -0.1) is 0 Å². The van der Waals surface area contributed by atoms with Crippen molar-refractivity contribution < 1.29 is 4.92 Å². The van der Waals surface area contributed by atoms with Crippen LogP contribution in [0.4, 0.5) is 5.69 Å². The van der Waals surface area contributed by atoms with Crippen LogP contribution in [0.15, 0.2) is 36.4 Å². The zero-order valence-electron chi connectivity index (χ0n) is 7.43. The molecule has 1 radical (unpaired) electrons. The van der Waals surface area contributed by atoms with E-state index in [4.69, 9.17) is 0 Å². The number of hydrogen-bond acceptors (Lipinski definition) is 2. The molecule has 0 bridgehead atoms. The molecule has 0 saturated heterocycles. The van der Waals surface area contributed by atoms with Gasteiger partial charge < -0.3 is 0 Å². The summed E-state index contributed by atoms with van der Waals surface area (Å²) >= 11 is 0. The number of fused-ring (bicyclic) bond motifs is 1. The van der Waals surface area contributed by atoms with Gasteiger partial charge in [0.1, 0.15) is 0 Å². The van der Waals surface area contributed by atoms with Crippen molar-refractivity contribution in [2.45, 2.75) is 0 Å². The molecule has 3 nitrogen and oxygen atoms in total. The minimum absolute atomic E-state index is 0.100. The zero-order valence-corrected chi connectivity index (χ0v) is 7.43. The Morgan fingerprint density at radius 2 is 1.86 bits per heavy atom. The molecule has 0 spiro atoms. The lowest BCUT2D eigenvalue weighted by Gasteiger charge is -2.01. The molecule has 0 saturated carbocycles. The maximum atomic E-state index is 10.8. The van der Waals surface area contributed by atoms with Gasteiger partial charge in [0, 0.05) is 5.56 Å². The van der Waals surface area contributed by atoms with Crippen LogP contribution < -0.4 is 0 Å². The molecule has 0 aliphatic carbocycles. The van der Waals surface area contributed by atoms with E-state index in [0.717, 1.165) is 5.39 Å². The van der Waals surface area contributed by atoms with Crippen molar-refractivity contribution in [3.63, 3.8) is 0 Å². The van der Waals surface area contributed by atoms with E-state index < -0.39 is 0 Å². The molecule has 0 unspecified atom stereocenters. The Morgan fingerprint density at radius 1 is 1.14 bits per heavy atom. The second-order valence-corrected chi connectivity index (χ2v) is 3.05. The molecule has 0 aliphatic heterocycles. The molecule has 0 atom stereocenters. The summed E-state index contributed by atoms with van der Waals surface area (Å²) < 4.78 is 0. The molecule has 0 N–H and O–H groups in total. The van der Waals surface area contributed by atoms with Crippen LogP contribution in [-0.2, 0) is 0 Å². The molecular weight excluding hydrogens is 178 g/mol. The fourth-order valence-electron chi connectivity index (χ4n) is 1.52. The summed E-state index contributed by atoms with van der Waals surface area (Å²) in [6, 6.07) is 10.7. The number of hydrogen-bond donors (Lipinski definition) is 0. The molecule has 0 aliphatic rings. The minimum Gasteiger partial charge on any atom is -0.258 e. The lowest BCUT2D eigenvalue weighted by Crippen LogP contribution is -1.92. The van der Waals surface area contributed by atoms with Gasteiger partial charge in [-0.05, 0) is 18.4 Å². The van der Waals surface area contributed by atoms with Crippen LogP contribution in [-0.4, -0.2) is 4.92 Å². The summed E-state index contributed by atoms with van der Waals surface area (Å²) in [6.07, 6.45) is 0. The van der Waals surface area contributed by atoms with Gasteiger partial charge in [-0.3, -0.25) is 10.1 Å². The number of benzene rings is 2. The molecule has 69 valence electrons. The predicted octanol–water partition coefficient (Wildman–Crippen LogP) is 2.93. The topological polar surface area (TPSA) is 43.1 Å². The second kappa shape index (κ2) is 3.10. The van der Waals surface area contributed by atoms with E-state index in [1.807, 2.05) is 18.2 Å². The molecule has 2 rings (SSSR count). The van der Waals surface area contributed by atoms with Crippen molar-refractivity contribution in [1.82, 2.24) is 0 Å². The maximum Gasteiger partial charge on any atom is 0.280 e. The molecule has 2 aromatic carbocycles. The van der Waals surface area contributed by atoms with Crippen LogP contribution in [0.1, 0.15) is 5.56 Å². The molecule has 2 aromatic rings. The van der Waals surface area contributed by atoms with E-state index in [0.29, 0.717) is 10.9 Å². The van der Waals surface area contributed by atoms with E-state index in [1.165, 1.54) is 0 Å². The van der Waals surface area contributed by atoms with Crippen LogP contribution in [0.2, 0.25) is 0 Å². The first kappa shape index (κ1) is 8.69. The summed E-state index contributed by atoms with van der Waals surface area (Å²) in [5, 5.41) is 12.3. The molecule has 0 amide bonds. The molecule has 14 heavy (non-hydrogen) atoms. The first-order chi connectivity index (χ1) is 6.70. The Hall–Kier alpha value is -1.90. The van der Waals surface area contributed by atoms with Gasteiger partial charge >= 0.3 is 0 Å². The summed E-state index contributed by atoms with van der Waals surface area (Å²) in [5.41, 5.74) is 0.553. The first-order valence-electron chi connectivity index (χ1n) is 4.18. The number of nitro groups is 1. The minimum atomic E-state index is -0.384. The molecular formula is C11H8NO2. The first-order valence-corrected chi connectivity index (χ1v) is 4.18. The summed E-state index contributed by atoms with van der Waals surface area (Å²) in [4.78, 5) is 10.4. The van der Waals surface area contributed by atoms with Crippen LogP contribution >= 0.6 is 0 Å². The van der Waals surface area contributed by atoms with Gasteiger partial charge in [0.15, 0.2) is 0 Å². The lowest BCUT2D eigenvalue weighted by molar-refractivity contribution is -0.383. The fraction of sp³-hybridized carbons (Fsp3) is 0. The molecule has 3 heteroatoms. The highest BCUT2D eigenvalue weighted by Gasteiger charge is 2.14. The zero-order chi connectivity index (χ0) is 10.1. The summed E-state index contributed by atoms with van der Waals surface area (Å²) in [6.45, 7) is 3.65. The summed E-state index contributed by atoms with van der Waals surface area (Å²) in [7, 11) is 0. The van der Waals surface area contributed by atoms with E-state index in [2.05, 4.69) is 6.92 Å². The standard InChI is InChI=1S/C11H8NO2/c1-8-6-7-9-4-2-3-5-10(9)11(8)12(13)14/h2-7H,1H2. The Labute approximate surface area is 81.1 Å². The molecule has 0 fully saturated rings. The highest BCUT2D eigenvalue weighted by atomic mass is 16.6. The largest absolute Gasteiger partial charge is 0.280 e. The van der Waals surface area contributed by atoms with E-state index in [9.17, 15) is 10.1 Å². The Bertz CT molecular complexity index is 506. The predicted molar refractivity (Wildman–Crippen MR) is 55.1 cm³/mol. The molecule has 0 heterocycles. The highest BCUT2D eigenvalue weighted by molar-refractivity contribution is 5.92. The average Bonchev–Trinajstić information content (AvgIpc) is 2.17. The third-order valence-corrected chi connectivity index (χ3v) is 2.17. The van der Waals surface area contributed by atoms with Gasteiger partial charge in [0.05, 0.1) is 10.3 Å². The Balaban J connectivity index is 2.90. The number of rotatable bonds is 1. The maximum absolute atomic E-state index is 10.8. The Morgan fingerprint density at radius 3 is 2.57 bits per heavy atom. The third-order valence-electron chi connectivity index (χ3n) is 2.17. The van der Waals surface area contributed by atoms with Crippen molar-refractivity contribution in [1.29, 1.82) is 0 Å². The fourth-order valence-corrected chi connectivity index (χ4v) is 1.52. The van der Waals surface area contributed by atoms with Crippen LogP contribution in [0.5, 0.6) is 0 Å². The smallest absolute Gasteiger partial charge is 0.258 e. The van der Waals surface area contributed by atoms with Gasteiger partial charge in [-0.1, -0.05) is 30.3 Å². The van der Waals surface area contributed by atoms with Crippen molar-refractivity contribution in [2.75, 3.05) is 0 Å². The van der Waals surface area contributed by atoms with Gasteiger partial charge in [0.2, 0.25) is 0 Å². The Kier molecular flexibility index (Phi) is 1.93. The normalized spacial score (nSPS) is 10.4. The van der Waals surface area contributed by atoms with Crippen molar-refractivity contribution in [3.8, 4) is 0 Å². The monoisotopic (exact) mass is 186 g/mol. The van der Waals surface area contributed by atoms with Crippen molar-refractivity contribution in [2.24, 2.45) is 0 Å². The van der Waals surface area contributed by atoms with Gasteiger partial charge in [-0.2, -0.15) is 0 Å². The summed E-state index contributed by atoms with van der Waals surface area (Å²) in [5.74, 6) is 0. The number of nitro benzene ring substituents is 1. The average molecular weight is 186 g/mol. The molecule has 0 aromatic heterocycles. The van der Waals surface area contributed by atoms with E-state index in [-0.39, 0.29) is 10.6 Å². The highest BCUT2D eigenvalue weighted by Crippen LogP contribution is 2.28.